The van der Waals surface area contributed by atoms with Crippen LogP contribution in [-0.4, -0.2) is 102 Å². The molecule has 2 N–H and O–H groups in total. The zero-order valence-electron chi connectivity index (χ0n) is 26.8. The molecule has 0 saturated heterocycles. The Bertz CT molecular complexity index is 1300. The molecule has 2 aromatic rings. The molecule has 0 saturated carbocycles. The van der Waals surface area contributed by atoms with E-state index in [1.807, 2.05) is 38.9 Å². The number of aromatic nitrogens is 3. The van der Waals surface area contributed by atoms with E-state index in [-0.39, 0.29) is 48.5 Å². The molecule has 3 amide bonds. The molecule has 16 heteroatoms. The number of likely N-dealkylation sites (N-methyl/N-ethyl adjacent to an activating group) is 1. The van der Waals surface area contributed by atoms with E-state index >= 15 is 0 Å². The summed E-state index contributed by atoms with van der Waals surface area (Å²) in [5.41, 5.74) is 1.27. The zero-order valence-corrected chi connectivity index (χ0v) is 28.4. The second kappa shape index (κ2) is 19.8. The summed E-state index contributed by atoms with van der Waals surface area (Å²) in [5, 5.41) is 5.59. The number of carbonyl (C=O) groups is 4. The number of fused-ring (bicyclic) bond motifs is 1. The Hall–Kier alpha value is -3.63. The van der Waals surface area contributed by atoms with Gasteiger partial charge in [-0.1, -0.05) is 41.5 Å². The first-order chi connectivity index (χ1) is 22.2. The molecule has 0 radical (unpaired) electrons. The summed E-state index contributed by atoms with van der Waals surface area (Å²) < 4.78 is 16.7. The first-order valence-electron chi connectivity index (χ1n) is 15.2. The summed E-state index contributed by atoms with van der Waals surface area (Å²) in [5.74, 6) is 1.31. The SMILES string of the molecule is CCCOc1nc(NC(=O)OCCSSC(C)CCC(=O)NCCC=O)c2c(n1)N(Cc1ccc(OCCN(C)C)nc1)C(=O)C2. The minimum atomic E-state index is -0.701. The summed E-state index contributed by atoms with van der Waals surface area (Å²) in [4.78, 5) is 64.7. The lowest BCUT2D eigenvalue weighted by molar-refractivity contribution is -0.121. The van der Waals surface area contributed by atoms with Gasteiger partial charge >= 0.3 is 12.1 Å². The van der Waals surface area contributed by atoms with Crippen LogP contribution < -0.4 is 25.0 Å². The van der Waals surface area contributed by atoms with Crippen LogP contribution in [0.1, 0.15) is 50.7 Å². The van der Waals surface area contributed by atoms with Crippen molar-refractivity contribution in [1.82, 2.24) is 25.2 Å². The number of amides is 3. The summed E-state index contributed by atoms with van der Waals surface area (Å²) in [6, 6.07) is 3.67. The topological polar surface area (TPSA) is 165 Å². The number of nitrogens with zero attached hydrogens (tertiary/aromatic N) is 5. The monoisotopic (exact) mass is 677 g/mol. The highest BCUT2D eigenvalue weighted by atomic mass is 33.1. The summed E-state index contributed by atoms with van der Waals surface area (Å²) in [6.07, 6.45) is 3.86. The van der Waals surface area contributed by atoms with Gasteiger partial charge in [0.1, 0.15) is 31.1 Å². The van der Waals surface area contributed by atoms with Crippen molar-refractivity contribution in [2.75, 3.05) is 63.0 Å². The van der Waals surface area contributed by atoms with Crippen LogP contribution >= 0.6 is 21.6 Å². The molecule has 2 aromatic heterocycles. The van der Waals surface area contributed by atoms with Crippen LogP contribution in [0.15, 0.2) is 18.3 Å². The highest BCUT2D eigenvalue weighted by Gasteiger charge is 2.34. The number of anilines is 2. The van der Waals surface area contributed by atoms with Gasteiger partial charge in [-0.25, -0.2) is 9.78 Å². The van der Waals surface area contributed by atoms with Gasteiger partial charge in [-0.05, 0) is 32.5 Å². The van der Waals surface area contributed by atoms with Crippen LogP contribution in [0.5, 0.6) is 11.9 Å². The first kappa shape index (κ1) is 36.8. The molecule has 1 aliphatic heterocycles. The molecule has 1 unspecified atom stereocenters. The molecular weight excluding hydrogens is 635 g/mol. The Kier molecular flexibility index (Phi) is 15.8. The second-order valence-electron chi connectivity index (χ2n) is 10.7. The lowest BCUT2D eigenvalue weighted by Crippen LogP contribution is -2.27. The van der Waals surface area contributed by atoms with Crippen molar-refractivity contribution in [2.24, 2.45) is 0 Å². The van der Waals surface area contributed by atoms with E-state index < -0.39 is 6.09 Å². The first-order valence-corrected chi connectivity index (χ1v) is 17.6. The average molecular weight is 678 g/mol. The third-order valence-corrected chi connectivity index (χ3v) is 9.35. The lowest BCUT2D eigenvalue weighted by atomic mass is 10.2. The molecule has 0 fully saturated rings. The van der Waals surface area contributed by atoms with E-state index in [4.69, 9.17) is 14.2 Å². The van der Waals surface area contributed by atoms with Crippen molar-refractivity contribution >= 4 is 57.4 Å². The molecule has 1 atom stereocenters. The number of hydrogen-bond acceptors (Lipinski definition) is 13. The highest BCUT2D eigenvalue weighted by Crippen LogP contribution is 2.35. The molecule has 0 aromatic carbocycles. The highest BCUT2D eigenvalue weighted by molar-refractivity contribution is 8.76. The van der Waals surface area contributed by atoms with Crippen LogP contribution in [0.4, 0.5) is 16.4 Å². The molecule has 1 aliphatic rings. The normalized spacial score (nSPS) is 12.9. The number of nitrogens with one attached hydrogen (secondary N) is 2. The Labute approximate surface area is 277 Å². The number of ether oxygens (including phenoxy) is 3. The molecule has 3 rings (SSSR count). The molecule has 252 valence electrons. The molecule has 3 heterocycles. The standard InChI is InChI=1S/C30H43N7O7S2/c1-5-14-43-29-33-27(34-30(41)44-16-17-45-46-21(2)7-9-24(39)31-11-6-13-38)23-18-26(40)37(28(23)35-29)20-22-8-10-25(32-19-22)42-15-12-36(3)4/h8,10,13,19,21H,5-7,9,11-12,14-18,20H2,1-4H3,(H,31,39)(H,33,34,35,41). The number of rotatable bonds is 21. The van der Waals surface area contributed by atoms with Crippen LogP contribution in [-0.2, 0) is 32.1 Å². The van der Waals surface area contributed by atoms with E-state index in [0.29, 0.717) is 62.0 Å². The van der Waals surface area contributed by atoms with Gasteiger partial charge in [-0.15, -0.1) is 0 Å². The largest absolute Gasteiger partial charge is 0.476 e. The second-order valence-corrected chi connectivity index (χ2v) is 13.6. The van der Waals surface area contributed by atoms with Crippen LogP contribution in [0.25, 0.3) is 0 Å². The predicted octanol–water partition coefficient (Wildman–Crippen LogP) is 3.49. The van der Waals surface area contributed by atoms with Gasteiger partial charge in [-0.2, -0.15) is 9.97 Å². The van der Waals surface area contributed by atoms with Gasteiger partial charge in [0.15, 0.2) is 0 Å². The molecule has 14 nitrogen and oxygen atoms in total. The fourth-order valence-corrected chi connectivity index (χ4v) is 6.21. The van der Waals surface area contributed by atoms with Crippen LogP contribution in [0.2, 0.25) is 0 Å². The van der Waals surface area contributed by atoms with E-state index in [0.717, 1.165) is 24.8 Å². The van der Waals surface area contributed by atoms with Crippen molar-refractivity contribution in [3.05, 3.63) is 29.5 Å². The van der Waals surface area contributed by atoms with Gasteiger partial charge in [-0.3, -0.25) is 19.8 Å². The smallest absolute Gasteiger partial charge is 0.412 e. The zero-order chi connectivity index (χ0) is 33.3. The minimum absolute atomic E-state index is 0.0116. The Balaban J connectivity index is 1.53. The maximum absolute atomic E-state index is 13.1. The van der Waals surface area contributed by atoms with E-state index in [1.165, 1.54) is 4.90 Å². The maximum Gasteiger partial charge on any atom is 0.412 e. The van der Waals surface area contributed by atoms with Crippen LogP contribution in [0.3, 0.4) is 0 Å². The maximum atomic E-state index is 13.1. The minimum Gasteiger partial charge on any atom is -0.476 e. The number of hydrogen-bond donors (Lipinski definition) is 2. The lowest BCUT2D eigenvalue weighted by Gasteiger charge is -2.18. The fraction of sp³-hybridized carbons (Fsp3) is 0.567. The fourth-order valence-electron chi connectivity index (χ4n) is 4.04. The van der Waals surface area contributed by atoms with Crippen molar-refractivity contribution in [3.63, 3.8) is 0 Å². The number of pyridine rings is 1. The van der Waals surface area contributed by atoms with Crippen molar-refractivity contribution in [2.45, 2.75) is 57.7 Å². The number of carbonyl (C=O) groups excluding carboxylic acids is 4. The van der Waals surface area contributed by atoms with Crippen molar-refractivity contribution in [1.29, 1.82) is 0 Å². The van der Waals surface area contributed by atoms with E-state index in [9.17, 15) is 19.2 Å². The van der Waals surface area contributed by atoms with Gasteiger partial charge in [0.25, 0.3) is 0 Å². The van der Waals surface area contributed by atoms with Gasteiger partial charge < -0.3 is 29.2 Å². The summed E-state index contributed by atoms with van der Waals surface area (Å²) in [6.45, 7) is 6.36. The molecule has 0 aliphatic carbocycles. The van der Waals surface area contributed by atoms with Gasteiger partial charge in [0.05, 0.1) is 19.6 Å². The quantitative estimate of drug-likeness (QED) is 0.112. The van der Waals surface area contributed by atoms with Crippen LogP contribution in [0, 0.1) is 0 Å². The third kappa shape index (κ3) is 12.6. The summed E-state index contributed by atoms with van der Waals surface area (Å²) >= 11 is 0. The molecule has 0 spiro atoms. The van der Waals surface area contributed by atoms with Gasteiger partial charge in [0, 0.05) is 54.8 Å². The average Bonchev–Trinajstić information content (AvgIpc) is 3.34. The Morgan fingerprint density at radius 3 is 2.72 bits per heavy atom. The van der Waals surface area contributed by atoms with E-state index in [2.05, 4.69) is 25.6 Å². The van der Waals surface area contributed by atoms with E-state index in [1.54, 1.807) is 33.9 Å². The van der Waals surface area contributed by atoms with Crippen molar-refractivity contribution < 1.29 is 33.4 Å². The third-order valence-electron chi connectivity index (χ3n) is 6.43. The Morgan fingerprint density at radius 2 is 2.00 bits per heavy atom. The Morgan fingerprint density at radius 1 is 1.17 bits per heavy atom. The van der Waals surface area contributed by atoms with Crippen molar-refractivity contribution in [3.8, 4) is 11.9 Å². The summed E-state index contributed by atoms with van der Waals surface area (Å²) in [7, 11) is 7.09. The molecule has 46 heavy (non-hydrogen) atoms. The van der Waals surface area contributed by atoms with Gasteiger partial charge in [0.2, 0.25) is 17.7 Å². The molecule has 0 bridgehead atoms. The number of aldehydes is 1. The predicted molar refractivity (Wildman–Crippen MR) is 178 cm³/mol. The molecular formula is C30H43N7O7S2.